The topological polar surface area (TPSA) is 108 Å². The molecule has 3 N–H and O–H groups in total. The van der Waals surface area contributed by atoms with Gasteiger partial charge in [-0.15, -0.1) is 11.3 Å². The van der Waals surface area contributed by atoms with Crippen molar-refractivity contribution >= 4 is 43.1 Å². The van der Waals surface area contributed by atoms with Gasteiger partial charge in [-0.25, -0.2) is 13.2 Å². The Morgan fingerprint density at radius 2 is 1.94 bits per heavy atom. The molecule has 174 valence electrons. The zero-order valence-corrected chi connectivity index (χ0v) is 18.7. The van der Waals surface area contributed by atoms with Crippen LogP contribution in [0.4, 0.5) is 24.0 Å². The highest BCUT2D eigenvalue weighted by Crippen LogP contribution is 2.44. The number of nitrogens with two attached hydrogens (primary N) is 1. The van der Waals surface area contributed by atoms with E-state index in [0.717, 1.165) is 23.5 Å². The maximum atomic E-state index is 16.0. The van der Waals surface area contributed by atoms with Crippen LogP contribution in [0.2, 0.25) is 0 Å². The molecule has 3 heterocycles. The van der Waals surface area contributed by atoms with Crippen LogP contribution in [0.15, 0.2) is 18.2 Å². The fourth-order valence-corrected chi connectivity index (χ4v) is 5.27. The maximum absolute atomic E-state index is 16.0. The number of nitrogen functional groups attached to an aromatic ring is 1. The van der Waals surface area contributed by atoms with E-state index in [9.17, 15) is 14.8 Å². The number of ether oxygens (including phenoxy) is 1. The fourth-order valence-electron chi connectivity index (χ4n) is 4.33. The van der Waals surface area contributed by atoms with Gasteiger partial charge in [-0.1, -0.05) is 6.07 Å². The number of aromatic nitrogens is 2. The van der Waals surface area contributed by atoms with E-state index in [1.165, 1.54) is 13.2 Å². The van der Waals surface area contributed by atoms with Gasteiger partial charge in [0.15, 0.2) is 5.82 Å². The molecule has 2 aromatic carbocycles. The highest BCUT2D eigenvalue weighted by Gasteiger charge is 2.27. The molecule has 34 heavy (non-hydrogen) atoms. The summed E-state index contributed by atoms with van der Waals surface area (Å²) in [5.41, 5.74) is 5.21. The molecule has 4 aromatic rings. The SMILES string of the molecule is COc1nc(N2CCC(O)CC2)c2cc(F)c(-c3ccc(F)c4sc(N)c(C#N)c34)c(F)c2n1. The molecule has 1 saturated heterocycles. The molecule has 2 aromatic heterocycles. The Bertz CT molecular complexity index is 1490. The number of nitriles is 1. The highest BCUT2D eigenvalue weighted by molar-refractivity contribution is 7.23. The number of fused-ring (bicyclic) bond motifs is 2. The number of methoxy groups -OCH3 is 1. The van der Waals surface area contributed by atoms with Crippen molar-refractivity contribution in [3.8, 4) is 23.2 Å². The second-order valence-corrected chi connectivity index (χ2v) is 9.00. The minimum absolute atomic E-state index is 0.00183. The van der Waals surface area contributed by atoms with Gasteiger partial charge in [0.25, 0.3) is 0 Å². The third kappa shape index (κ3) is 3.38. The van der Waals surface area contributed by atoms with E-state index in [-0.39, 0.29) is 43.1 Å². The third-order valence-corrected chi connectivity index (χ3v) is 7.02. The first-order valence-corrected chi connectivity index (χ1v) is 11.2. The summed E-state index contributed by atoms with van der Waals surface area (Å²) in [6, 6.07) is 5.24. The van der Waals surface area contributed by atoms with E-state index in [1.807, 2.05) is 11.0 Å². The van der Waals surface area contributed by atoms with Crippen molar-refractivity contribution in [1.82, 2.24) is 9.97 Å². The minimum Gasteiger partial charge on any atom is -0.467 e. The van der Waals surface area contributed by atoms with Gasteiger partial charge in [-0.3, -0.25) is 0 Å². The Morgan fingerprint density at radius 3 is 2.62 bits per heavy atom. The Hall–Kier alpha value is -3.62. The van der Waals surface area contributed by atoms with Crippen LogP contribution in [-0.4, -0.2) is 41.4 Å². The molecule has 5 rings (SSSR count). The third-order valence-electron chi connectivity index (χ3n) is 5.99. The molecular formula is C23H18F3N5O2S. The summed E-state index contributed by atoms with van der Waals surface area (Å²) in [6.45, 7) is 0.888. The van der Waals surface area contributed by atoms with Crippen LogP contribution < -0.4 is 15.4 Å². The van der Waals surface area contributed by atoms with Gasteiger partial charge in [-0.05, 0) is 30.5 Å². The van der Waals surface area contributed by atoms with Crippen LogP contribution in [0.1, 0.15) is 18.4 Å². The monoisotopic (exact) mass is 485 g/mol. The molecule has 0 unspecified atom stereocenters. The van der Waals surface area contributed by atoms with Gasteiger partial charge in [0.05, 0.1) is 29.0 Å². The predicted molar refractivity (Wildman–Crippen MR) is 123 cm³/mol. The number of aliphatic hydroxyl groups is 1. The number of aliphatic hydroxyl groups excluding tert-OH is 1. The first kappa shape index (κ1) is 22.2. The summed E-state index contributed by atoms with van der Waals surface area (Å²) < 4.78 is 51.2. The summed E-state index contributed by atoms with van der Waals surface area (Å²) in [5, 5.41) is 19.6. The second-order valence-electron chi connectivity index (χ2n) is 7.95. The number of halogens is 3. The van der Waals surface area contributed by atoms with Crippen molar-refractivity contribution in [2.24, 2.45) is 0 Å². The number of thiophene rings is 1. The Morgan fingerprint density at radius 1 is 1.21 bits per heavy atom. The number of rotatable bonds is 3. The Labute approximate surface area is 195 Å². The molecule has 0 saturated carbocycles. The lowest BCUT2D eigenvalue weighted by Gasteiger charge is -2.31. The lowest BCUT2D eigenvalue weighted by atomic mass is 9.96. The molecule has 0 bridgehead atoms. The first-order valence-electron chi connectivity index (χ1n) is 10.4. The van der Waals surface area contributed by atoms with Crippen LogP contribution in [0.3, 0.4) is 0 Å². The van der Waals surface area contributed by atoms with Crippen molar-refractivity contribution in [3.05, 3.63) is 41.2 Å². The molecule has 7 nitrogen and oxygen atoms in total. The summed E-state index contributed by atoms with van der Waals surface area (Å²) in [7, 11) is 1.34. The molecule has 1 aliphatic heterocycles. The number of hydrogen-bond acceptors (Lipinski definition) is 8. The molecule has 1 fully saturated rings. The summed E-state index contributed by atoms with van der Waals surface area (Å²) >= 11 is 0.844. The smallest absolute Gasteiger partial charge is 0.318 e. The average molecular weight is 485 g/mol. The lowest BCUT2D eigenvalue weighted by Crippen LogP contribution is -2.36. The average Bonchev–Trinajstić information content (AvgIpc) is 3.17. The Balaban J connectivity index is 1.80. The normalized spacial score (nSPS) is 14.6. The quantitative estimate of drug-likeness (QED) is 0.444. The van der Waals surface area contributed by atoms with E-state index in [2.05, 4.69) is 9.97 Å². The van der Waals surface area contributed by atoms with E-state index in [4.69, 9.17) is 10.5 Å². The maximum Gasteiger partial charge on any atom is 0.318 e. The standard InChI is InChI=1S/C23H18F3N5O2S/c1-33-23-29-19-12(22(30-23)31-6-4-10(32)5-7-31)8-15(25)17(18(19)26)11-2-3-14(24)20-16(11)13(9-27)21(28)34-20/h2-3,8,10,32H,4-7,28H2,1H3. The van der Waals surface area contributed by atoms with Crippen molar-refractivity contribution in [2.75, 3.05) is 30.8 Å². The van der Waals surface area contributed by atoms with Gasteiger partial charge < -0.3 is 20.5 Å². The van der Waals surface area contributed by atoms with Crippen molar-refractivity contribution < 1.29 is 23.0 Å². The zero-order chi connectivity index (χ0) is 24.1. The summed E-state index contributed by atoms with van der Waals surface area (Å²) in [4.78, 5) is 10.3. The van der Waals surface area contributed by atoms with E-state index >= 15 is 8.78 Å². The molecule has 0 atom stereocenters. The molecule has 0 amide bonds. The van der Waals surface area contributed by atoms with Gasteiger partial charge in [-0.2, -0.15) is 15.2 Å². The van der Waals surface area contributed by atoms with E-state index in [1.54, 1.807) is 0 Å². The zero-order valence-electron chi connectivity index (χ0n) is 17.9. The van der Waals surface area contributed by atoms with Gasteiger partial charge >= 0.3 is 6.01 Å². The van der Waals surface area contributed by atoms with Gasteiger partial charge in [0.2, 0.25) is 0 Å². The fraction of sp³-hybridized carbons (Fsp3) is 0.261. The number of benzene rings is 2. The second kappa shape index (κ2) is 8.30. The van der Waals surface area contributed by atoms with E-state index in [0.29, 0.717) is 31.7 Å². The van der Waals surface area contributed by atoms with Crippen LogP contribution in [0.25, 0.3) is 32.1 Å². The summed E-state index contributed by atoms with van der Waals surface area (Å²) in [5.74, 6) is -2.26. The number of nitrogens with zero attached hydrogens (tertiary/aromatic N) is 4. The van der Waals surface area contributed by atoms with Gasteiger partial charge in [0.1, 0.15) is 34.0 Å². The summed E-state index contributed by atoms with van der Waals surface area (Å²) in [6.07, 6.45) is 0.529. The molecule has 0 radical (unpaired) electrons. The number of hydrogen-bond donors (Lipinski definition) is 2. The van der Waals surface area contributed by atoms with Crippen LogP contribution >= 0.6 is 11.3 Å². The van der Waals surface area contributed by atoms with E-state index < -0.39 is 29.1 Å². The first-order chi connectivity index (χ1) is 16.3. The molecular weight excluding hydrogens is 467 g/mol. The van der Waals surface area contributed by atoms with Gasteiger partial charge in [0, 0.05) is 23.9 Å². The molecule has 0 spiro atoms. The van der Waals surface area contributed by atoms with Crippen molar-refractivity contribution in [1.29, 1.82) is 5.26 Å². The lowest BCUT2D eigenvalue weighted by molar-refractivity contribution is 0.145. The Kier molecular flexibility index (Phi) is 5.42. The molecule has 0 aliphatic carbocycles. The number of anilines is 2. The van der Waals surface area contributed by atoms with Crippen LogP contribution in [0.5, 0.6) is 6.01 Å². The van der Waals surface area contributed by atoms with Crippen LogP contribution in [0, 0.1) is 28.8 Å². The number of piperidine rings is 1. The largest absolute Gasteiger partial charge is 0.467 e. The minimum atomic E-state index is -0.990. The molecule has 11 heteroatoms. The highest BCUT2D eigenvalue weighted by atomic mass is 32.1. The van der Waals surface area contributed by atoms with Crippen LogP contribution in [-0.2, 0) is 0 Å². The van der Waals surface area contributed by atoms with Crippen molar-refractivity contribution in [3.63, 3.8) is 0 Å². The molecule has 1 aliphatic rings. The van der Waals surface area contributed by atoms with Crippen molar-refractivity contribution in [2.45, 2.75) is 18.9 Å². The predicted octanol–water partition coefficient (Wildman–Crippen LogP) is 4.35.